The van der Waals surface area contributed by atoms with E-state index in [2.05, 4.69) is 6.92 Å². The predicted octanol–water partition coefficient (Wildman–Crippen LogP) is 6.24. The van der Waals surface area contributed by atoms with Gasteiger partial charge in [0.05, 0.1) is 12.2 Å². The topological polar surface area (TPSA) is 33.0 Å². The molecule has 1 aliphatic carbocycles. The highest BCUT2D eigenvalue weighted by molar-refractivity contribution is 5.36. The third-order valence-electron chi connectivity index (χ3n) is 5.29. The van der Waals surface area contributed by atoms with Crippen molar-refractivity contribution in [1.82, 2.24) is 0 Å². The van der Waals surface area contributed by atoms with E-state index in [1.165, 1.54) is 69.9 Å². The van der Waals surface area contributed by atoms with Crippen molar-refractivity contribution < 1.29 is 9.13 Å². The lowest BCUT2D eigenvalue weighted by Crippen LogP contribution is -2.20. The second-order valence-electron chi connectivity index (χ2n) is 7.04. The molecule has 132 valence electrons. The van der Waals surface area contributed by atoms with Crippen LogP contribution in [0.1, 0.15) is 76.7 Å². The summed E-state index contributed by atoms with van der Waals surface area (Å²) in [6.45, 7) is 2.89. The minimum Gasteiger partial charge on any atom is -0.493 e. The molecular weight excluding hydrogens is 301 g/mol. The third-order valence-corrected chi connectivity index (χ3v) is 5.29. The average molecular weight is 331 g/mol. The highest BCUT2D eigenvalue weighted by Crippen LogP contribution is 2.36. The van der Waals surface area contributed by atoms with Gasteiger partial charge in [-0.2, -0.15) is 5.26 Å². The van der Waals surface area contributed by atoms with Crippen LogP contribution in [0.2, 0.25) is 0 Å². The van der Waals surface area contributed by atoms with Crippen molar-refractivity contribution in [2.75, 3.05) is 6.61 Å². The fraction of sp³-hybridized carbons (Fsp3) is 0.667. The van der Waals surface area contributed by atoms with E-state index in [0.29, 0.717) is 12.4 Å². The van der Waals surface area contributed by atoms with Gasteiger partial charge >= 0.3 is 0 Å². The minimum absolute atomic E-state index is 0.0690. The Morgan fingerprint density at radius 2 is 1.83 bits per heavy atom. The Labute approximate surface area is 146 Å². The lowest BCUT2D eigenvalue weighted by atomic mass is 9.74. The average Bonchev–Trinajstić information content (AvgIpc) is 2.60. The zero-order valence-electron chi connectivity index (χ0n) is 14.9. The molecule has 0 heterocycles. The quantitative estimate of drug-likeness (QED) is 0.501. The Morgan fingerprint density at radius 3 is 2.46 bits per heavy atom. The molecule has 0 saturated heterocycles. The summed E-state index contributed by atoms with van der Waals surface area (Å²) in [6, 6.07) is 6.30. The van der Waals surface area contributed by atoms with Gasteiger partial charge in [-0.3, -0.25) is 0 Å². The maximum Gasteiger partial charge on any atom is 0.144 e. The summed E-state index contributed by atoms with van der Waals surface area (Å²) in [5, 5.41) is 8.74. The number of hydrogen-bond acceptors (Lipinski definition) is 2. The highest BCUT2D eigenvalue weighted by atomic mass is 19.1. The molecule has 1 fully saturated rings. The van der Waals surface area contributed by atoms with Gasteiger partial charge in [0.2, 0.25) is 0 Å². The molecule has 0 N–H and O–H groups in total. The first-order valence-electron chi connectivity index (χ1n) is 9.57. The van der Waals surface area contributed by atoms with Crippen molar-refractivity contribution in [1.29, 1.82) is 5.26 Å². The number of rotatable bonds is 9. The van der Waals surface area contributed by atoms with Crippen LogP contribution in [0.3, 0.4) is 0 Å². The van der Waals surface area contributed by atoms with Gasteiger partial charge in [0, 0.05) is 6.07 Å². The van der Waals surface area contributed by atoms with Crippen LogP contribution in [0.4, 0.5) is 4.39 Å². The van der Waals surface area contributed by atoms with Crippen molar-refractivity contribution in [3.8, 4) is 11.8 Å². The fourth-order valence-electron chi connectivity index (χ4n) is 3.91. The van der Waals surface area contributed by atoms with Crippen LogP contribution >= 0.6 is 0 Å². The molecule has 0 spiro atoms. The van der Waals surface area contributed by atoms with E-state index >= 15 is 0 Å². The Kier molecular flexibility index (Phi) is 8.08. The van der Waals surface area contributed by atoms with Crippen molar-refractivity contribution >= 4 is 0 Å². The first-order chi connectivity index (χ1) is 11.7. The van der Waals surface area contributed by atoms with Gasteiger partial charge in [-0.25, -0.2) is 4.39 Å². The first-order valence-corrected chi connectivity index (χ1v) is 9.57. The maximum atomic E-state index is 13.5. The molecule has 0 radical (unpaired) electrons. The minimum atomic E-state index is -0.502. The molecule has 1 saturated carbocycles. The largest absolute Gasteiger partial charge is 0.493 e. The van der Waals surface area contributed by atoms with Crippen LogP contribution in [-0.4, -0.2) is 6.61 Å². The van der Waals surface area contributed by atoms with E-state index in [-0.39, 0.29) is 5.56 Å². The molecule has 2 nitrogen and oxygen atoms in total. The summed E-state index contributed by atoms with van der Waals surface area (Å²) in [5.41, 5.74) is 0.0690. The van der Waals surface area contributed by atoms with E-state index in [9.17, 15) is 4.39 Å². The monoisotopic (exact) mass is 331 g/mol. The number of benzene rings is 1. The van der Waals surface area contributed by atoms with Gasteiger partial charge in [-0.05, 0) is 36.8 Å². The summed E-state index contributed by atoms with van der Waals surface area (Å²) in [4.78, 5) is 0. The summed E-state index contributed by atoms with van der Waals surface area (Å²) in [5.74, 6) is 1.77. The van der Waals surface area contributed by atoms with E-state index in [1.54, 1.807) is 6.07 Å². The molecule has 24 heavy (non-hydrogen) atoms. The van der Waals surface area contributed by atoms with Gasteiger partial charge in [0.15, 0.2) is 0 Å². The molecule has 0 bridgehead atoms. The SMILES string of the molecule is CCCCCC1CCCCC1CCCOc1ccc(C#N)c(F)c1. The molecule has 1 aromatic carbocycles. The fourth-order valence-corrected chi connectivity index (χ4v) is 3.91. The molecule has 2 rings (SSSR count). The van der Waals surface area contributed by atoms with Crippen LogP contribution in [0.15, 0.2) is 18.2 Å². The Morgan fingerprint density at radius 1 is 1.12 bits per heavy atom. The van der Waals surface area contributed by atoms with Crippen LogP contribution in [0.25, 0.3) is 0 Å². The number of halogens is 1. The highest BCUT2D eigenvalue weighted by Gasteiger charge is 2.24. The van der Waals surface area contributed by atoms with Gasteiger partial charge in [-0.1, -0.05) is 58.3 Å². The van der Waals surface area contributed by atoms with E-state index in [1.807, 2.05) is 6.07 Å². The summed E-state index contributed by atoms with van der Waals surface area (Å²) in [6.07, 6.45) is 13.2. The molecule has 1 aliphatic rings. The van der Waals surface area contributed by atoms with Crippen LogP contribution < -0.4 is 4.74 Å². The standard InChI is InChI=1S/C21H30FNO/c1-2-3-4-8-17-9-5-6-10-18(17)11-7-14-24-20-13-12-19(16-23)21(22)15-20/h12-13,15,17-18H,2-11,14H2,1H3. The van der Waals surface area contributed by atoms with Crippen LogP contribution in [0.5, 0.6) is 5.75 Å². The Hall–Kier alpha value is -1.56. The molecule has 1 aromatic rings. The zero-order valence-corrected chi connectivity index (χ0v) is 14.9. The smallest absolute Gasteiger partial charge is 0.144 e. The predicted molar refractivity (Wildman–Crippen MR) is 95.4 cm³/mol. The van der Waals surface area contributed by atoms with Gasteiger partial charge in [-0.15, -0.1) is 0 Å². The maximum absolute atomic E-state index is 13.5. The molecule has 0 aromatic heterocycles. The number of nitriles is 1. The number of nitrogens with zero attached hydrogens (tertiary/aromatic N) is 1. The van der Waals surface area contributed by atoms with Crippen molar-refractivity contribution in [2.24, 2.45) is 11.8 Å². The van der Waals surface area contributed by atoms with E-state index in [0.717, 1.165) is 18.3 Å². The summed E-state index contributed by atoms with van der Waals surface area (Å²) >= 11 is 0. The van der Waals surface area contributed by atoms with E-state index < -0.39 is 5.82 Å². The van der Waals surface area contributed by atoms with E-state index in [4.69, 9.17) is 10.00 Å². The van der Waals surface area contributed by atoms with Gasteiger partial charge in [0.1, 0.15) is 17.6 Å². The van der Waals surface area contributed by atoms with Gasteiger partial charge in [0.25, 0.3) is 0 Å². The van der Waals surface area contributed by atoms with Crippen LogP contribution in [-0.2, 0) is 0 Å². The lowest BCUT2D eigenvalue weighted by Gasteiger charge is -2.31. The Balaban J connectivity index is 1.72. The first kappa shape index (κ1) is 18.8. The van der Waals surface area contributed by atoms with Crippen molar-refractivity contribution in [3.63, 3.8) is 0 Å². The summed E-state index contributed by atoms with van der Waals surface area (Å²) in [7, 11) is 0. The normalized spacial score (nSPS) is 20.5. The molecule has 0 aliphatic heterocycles. The summed E-state index contributed by atoms with van der Waals surface area (Å²) < 4.78 is 19.2. The zero-order chi connectivity index (χ0) is 17.2. The molecule has 0 amide bonds. The molecule has 3 heteroatoms. The van der Waals surface area contributed by atoms with Crippen molar-refractivity contribution in [3.05, 3.63) is 29.6 Å². The van der Waals surface area contributed by atoms with Crippen LogP contribution in [0, 0.1) is 29.0 Å². The Bertz CT molecular complexity index is 537. The second kappa shape index (κ2) is 10.3. The van der Waals surface area contributed by atoms with Crippen molar-refractivity contribution in [2.45, 2.75) is 71.1 Å². The van der Waals surface area contributed by atoms with Gasteiger partial charge < -0.3 is 4.74 Å². The number of unbranched alkanes of at least 4 members (excludes halogenated alkanes) is 2. The molecular formula is C21H30FNO. The number of hydrogen-bond donors (Lipinski definition) is 0. The number of ether oxygens (including phenoxy) is 1. The molecule has 2 atom stereocenters. The lowest BCUT2D eigenvalue weighted by molar-refractivity contribution is 0.190. The second-order valence-corrected chi connectivity index (χ2v) is 7.04. The third kappa shape index (κ3) is 5.82. The molecule has 2 unspecified atom stereocenters.